The van der Waals surface area contributed by atoms with Crippen molar-refractivity contribution in [2.24, 2.45) is 0 Å². The highest BCUT2D eigenvalue weighted by atomic mass is 19.1. The summed E-state index contributed by atoms with van der Waals surface area (Å²) in [7, 11) is 0. The van der Waals surface area contributed by atoms with E-state index in [2.05, 4.69) is 19.7 Å². The van der Waals surface area contributed by atoms with Crippen LogP contribution >= 0.6 is 0 Å². The zero-order valence-corrected chi connectivity index (χ0v) is 19.6. The summed E-state index contributed by atoms with van der Waals surface area (Å²) in [5.41, 5.74) is 0.937. The first kappa shape index (κ1) is 26.9. The molecule has 2 unspecified atom stereocenters. The predicted molar refractivity (Wildman–Crippen MR) is 127 cm³/mol. The number of esters is 3. The molecule has 2 rings (SSSR count). The van der Waals surface area contributed by atoms with Gasteiger partial charge in [0.15, 0.2) is 29.6 Å². The van der Waals surface area contributed by atoms with Gasteiger partial charge in [0.25, 0.3) is 0 Å². The lowest BCUT2D eigenvalue weighted by atomic mass is 10.0. The molecule has 1 aliphatic rings. The van der Waals surface area contributed by atoms with E-state index in [1.807, 2.05) is 0 Å². The van der Waals surface area contributed by atoms with Gasteiger partial charge in [-0.3, -0.25) is 4.79 Å². The molecule has 0 aliphatic heterocycles. The topological polar surface area (TPSA) is 96.0 Å². The zero-order chi connectivity index (χ0) is 26.3. The average molecular weight is 480 g/mol. The van der Waals surface area contributed by atoms with Crippen LogP contribution in [0.15, 0.2) is 90.6 Å². The van der Waals surface area contributed by atoms with Gasteiger partial charge >= 0.3 is 17.9 Å². The van der Waals surface area contributed by atoms with E-state index in [1.165, 1.54) is 57.2 Å². The summed E-state index contributed by atoms with van der Waals surface area (Å²) in [6, 6.07) is 3.43. The molecule has 1 aromatic carbocycles. The molecule has 0 N–H and O–H groups in total. The summed E-state index contributed by atoms with van der Waals surface area (Å²) in [6.45, 7) is 14.9. The fourth-order valence-electron chi connectivity index (χ4n) is 2.61. The van der Waals surface area contributed by atoms with E-state index >= 15 is 0 Å². The third-order valence-electron chi connectivity index (χ3n) is 4.54. The van der Waals surface area contributed by atoms with Crippen molar-refractivity contribution >= 4 is 23.7 Å². The van der Waals surface area contributed by atoms with Crippen molar-refractivity contribution in [3.63, 3.8) is 0 Å². The molecule has 1 aliphatic carbocycles. The fraction of sp³-hybridized carbons (Fsp3) is 0.185. The van der Waals surface area contributed by atoms with Gasteiger partial charge < -0.3 is 14.2 Å². The molecular formula is C27H25FO7. The fourth-order valence-corrected chi connectivity index (χ4v) is 2.61. The van der Waals surface area contributed by atoms with Gasteiger partial charge in [0.05, 0.1) is 0 Å². The second-order valence-corrected chi connectivity index (χ2v) is 7.84. The summed E-state index contributed by atoms with van der Waals surface area (Å²) in [4.78, 5) is 48.0. The molecule has 0 spiro atoms. The van der Waals surface area contributed by atoms with E-state index in [4.69, 9.17) is 14.2 Å². The normalized spacial score (nSPS) is 16.7. The van der Waals surface area contributed by atoms with Crippen LogP contribution in [-0.4, -0.2) is 35.9 Å². The molecule has 8 heteroatoms. The number of ether oxygens (including phenoxy) is 3. The number of carbonyl (C=O) groups is 4. The average Bonchev–Trinajstić information content (AvgIpc) is 2.79. The highest BCUT2D eigenvalue weighted by Gasteiger charge is 2.28. The van der Waals surface area contributed by atoms with Crippen molar-refractivity contribution in [2.45, 2.75) is 33.0 Å². The molecule has 0 bridgehead atoms. The summed E-state index contributed by atoms with van der Waals surface area (Å²) < 4.78 is 29.8. The van der Waals surface area contributed by atoms with Gasteiger partial charge in [0.1, 0.15) is 0 Å². The van der Waals surface area contributed by atoms with E-state index in [0.29, 0.717) is 5.57 Å². The third-order valence-corrected chi connectivity index (χ3v) is 4.54. The second-order valence-electron chi connectivity index (χ2n) is 7.84. The Labute approximate surface area is 202 Å². The third kappa shape index (κ3) is 7.60. The van der Waals surface area contributed by atoms with Gasteiger partial charge in [-0.1, -0.05) is 31.9 Å². The lowest BCUT2D eigenvalue weighted by Gasteiger charge is -2.25. The monoisotopic (exact) mass is 480 g/mol. The quantitative estimate of drug-likeness (QED) is 0.222. The number of halogens is 1. The van der Waals surface area contributed by atoms with Crippen LogP contribution in [0.5, 0.6) is 5.75 Å². The van der Waals surface area contributed by atoms with Crippen LogP contribution in [-0.2, 0) is 23.9 Å². The minimum absolute atomic E-state index is 0.0211. The molecule has 0 fully saturated rings. The molecule has 0 saturated heterocycles. The van der Waals surface area contributed by atoms with Gasteiger partial charge in [0.2, 0.25) is 0 Å². The number of hydrogen-bond donors (Lipinski definition) is 0. The van der Waals surface area contributed by atoms with Crippen molar-refractivity contribution < 1.29 is 37.8 Å². The van der Waals surface area contributed by atoms with E-state index < -0.39 is 41.7 Å². The molecule has 182 valence electrons. The molecule has 0 heterocycles. The number of benzene rings is 1. The van der Waals surface area contributed by atoms with E-state index in [-0.39, 0.29) is 28.0 Å². The largest absolute Gasteiger partial charge is 0.450 e. The zero-order valence-electron chi connectivity index (χ0n) is 19.6. The number of rotatable bonds is 9. The van der Waals surface area contributed by atoms with Crippen molar-refractivity contribution in [1.82, 2.24) is 0 Å². The molecule has 0 aromatic heterocycles. The first-order valence-electron chi connectivity index (χ1n) is 10.4. The molecule has 0 radical (unpaired) electrons. The van der Waals surface area contributed by atoms with E-state index in [1.54, 1.807) is 6.08 Å². The van der Waals surface area contributed by atoms with Crippen molar-refractivity contribution in [1.29, 1.82) is 0 Å². The predicted octanol–water partition coefficient (Wildman–Crippen LogP) is 4.52. The van der Waals surface area contributed by atoms with Crippen LogP contribution < -0.4 is 4.74 Å². The summed E-state index contributed by atoms with van der Waals surface area (Å²) in [6.07, 6.45) is 5.34. The smallest absolute Gasteiger partial charge is 0.338 e. The summed E-state index contributed by atoms with van der Waals surface area (Å²) in [5, 5.41) is 0. The van der Waals surface area contributed by atoms with Crippen LogP contribution in [0.25, 0.3) is 0 Å². The Morgan fingerprint density at radius 1 is 0.886 bits per heavy atom. The molecule has 1 aromatic rings. The first-order chi connectivity index (χ1) is 16.4. The van der Waals surface area contributed by atoms with Crippen LogP contribution in [0.4, 0.5) is 4.39 Å². The molecule has 7 nitrogen and oxygen atoms in total. The Balaban J connectivity index is 2.19. The van der Waals surface area contributed by atoms with Crippen molar-refractivity contribution in [3.05, 3.63) is 102 Å². The molecule has 0 amide bonds. The summed E-state index contributed by atoms with van der Waals surface area (Å²) >= 11 is 0. The highest BCUT2D eigenvalue weighted by molar-refractivity contribution is 6.05. The maximum Gasteiger partial charge on any atom is 0.338 e. The van der Waals surface area contributed by atoms with Crippen LogP contribution in [0.3, 0.4) is 0 Å². The molecule has 35 heavy (non-hydrogen) atoms. The molecule has 0 saturated carbocycles. The van der Waals surface area contributed by atoms with Crippen LogP contribution in [0.2, 0.25) is 0 Å². The standard InChI is InChI=1S/C27H25FO7/c1-15(2)25(30)33-22-12-9-19(14-20(22)28)21(29)10-7-18-8-11-23(34-26(31)16(3)4)24(13-18)35-27(32)17(5)6/h7-14,23-24H,1,3,5H2,2,4,6H3/b10-7+. The maximum atomic E-state index is 14.3. The van der Waals surface area contributed by atoms with Crippen LogP contribution in [0.1, 0.15) is 31.1 Å². The first-order valence-corrected chi connectivity index (χ1v) is 10.4. The minimum Gasteiger partial charge on any atom is -0.450 e. The highest BCUT2D eigenvalue weighted by Crippen LogP contribution is 2.22. The van der Waals surface area contributed by atoms with Gasteiger partial charge in [-0.05, 0) is 62.8 Å². The number of ketones is 1. The minimum atomic E-state index is -0.970. The van der Waals surface area contributed by atoms with Crippen molar-refractivity contribution in [2.75, 3.05) is 0 Å². The second kappa shape index (κ2) is 11.7. The Morgan fingerprint density at radius 2 is 1.46 bits per heavy atom. The maximum absolute atomic E-state index is 14.3. The molecular weight excluding hydrogens is 455 g/mol. The Hall–Kier alpha value is -4.33. The van der Waals surface area contributed by atoms with Gasteiger partial charge in [-0.15, -0.1) is 0 Å². The Bertz CT molecular complexity index is 1200. The Kier molecular flexibility index (Phi) is 8.99. The van der Waals surface area contributed by atoms with E-state index in [0.717, 1.165) is 6.07 Å². The lowest BCUT2D eigenvalue weighted by Crippen LogP contribution is -2.34. The van der Waals surface area contributed by atoms with Crippen molar-refractivity contribution in [3.8, 4) is 5.75 Å². The van der Waals surface area contributed by atoms with Gasteiger partial charge in [0, 0.05) is 22.3 Å². The van der Waals surface area contributed by atoms with Crippen LogP contribution in [0, 0.1) is 5.82 Å². The Morgan fingerprint density at radius 3 is 2.00 bits per heavy atom. The van der Waals surface area contributed by atoms with Gasteiger partial charge in [-0.2, -0.15) is 0 Å². The lowest BCUT2D eigenvalue weighted by molar-refractivity contribution is -0.156. The number of hydrogen-bond acceptors (Lipinski definition) is 7. The number of allylic oxidation sites excluding steroid dienone is 4. The summed E-state index contributed by atoms with van der Waals surface area (Å²) in [5.74, 6) is -3.85. The SMILES string of the molecule is C=C(C)C(=O)Oc1ccc(C(=O)/C=C/C2=CC(OC(=O)C(=C)C)C(OC(=O)C(=C)C)C=C2)cc1F. The number of carbonyl (C=O) groups excluding carboxylic acids is 4. The van der Waals surface area contributed by atoms with Gasteiger partial charge in [-0.25, -0.2) is 18.8 Å². The van der Waals surface area contributed by atoms with E-state index in [9.17, 15) is 23.6 Å². The molecule has 2 atom stereocenters.